The highest BCUT2D eigenvalue weighted by Crippen LogP contribution is 2.47. The lowest BCUT2D eigenvalue weighted by atomic mass is 10.1. The molecule has 3 nitrogen and oxygen atoms in total. The minimum Gasteiger partial charge on any atom is -0.374 e. The summed E-state index contributed by atoms with van der Waals surface area (Å²) < 4.78 is 6.90. The van der Waals surface area contributed by atoms with Crippen LogP contribution in [0.1, 0.15) is 42.9 Å². The number of ether oxygens (including phenoxy) is 1. The van der Waals surface area contributed by atoms with Gasteiger partial charge in [-0.25, -0.2) is 0 Å². The van der Waals surface area contributed by atoms with Crippen molar-refractivity contribution in [3.63, 3.8) is 0 Å². The fraction of sp³-hybridized carbons (Fsp3) is 0.381. The third-order valence-corrected chi connectivity index (χ3v) is 5.15. The van der Waals surface area contributed by atoms with Gasteiger partial charge in [0, 0.05) is 23.5 Å². The first kappa shape index (κ1) is 18.2. The molecule has 1 N–H and O–H groups in total. The molecule has 1 amide bonds. The van der Waals surface area contributed by atoms with Crippen LogP contribution in [0.3, 0.4) is 0 Å². The molecule has 0 saturated heterocycles. The minimum absolute atomic E-state index is 0.0845. The van der Waals surface area contributed by atoms with Crippen molar-refractivity contribution in [3.05, 3.63) is 70.2 Å². The third-order valence-electron chi connectivity index (χ3n) is 4.66. The number of carbonyl (C=O) groups is 1. The van der Waals surface area contributed by atoms with E-state index in [1.807, 2.05) is 30.3 Å². The van der Waals surface area contributed by atoms with E-state index in [4.69, 9.17) is 4.74 Å². The Hall–Kier alpha value is -1.65. The first-order valence-corrected chi connectivity index (χ1v) is 9.64. The number of hydrogen-bond donors (Lipinski definition) is 1. The molecule has 1 fully saturated rings. The summed E-state index contributed by atoms with van der Waals surface area (Å²) in [5, 5.41) is 3.04. The molecular weight excluding hydrogens is 378 g/mol. The van der Waals surface area contributed by atoms with Crippen molar-refractivity contribution in [2.45, 2.75) is 31.8 Å². The zero-order valence-corrected chi connectivity index (χ0v) is 16.0. The molecule has 0 aromatic heterocycles. The van der Waals surface area contributed by atoms with Crippen LogP contribution in [0.25, 0.3) is 0 Å². The summed E-state index contributed by atoms with van der Waals surface area (Å²) in [5.74, 6) is 0.659. The fourth-order valence-electron chi connectivity index (χ4n) is 3.09. The van der Waals surface area contributed by atoms with Gasteiger partial charge in [-0.1, -0.05) is 58.4 Å². The number of carbonyl (C=O) groups excluding carboxylic acids is 1. The zero-order chi connectivity index (χ0) is 17.6. The fourth-order valence-corrected chi connectivity index (χ4v) is 3.50. The Labute approximate surface area is 157 Å². The normalized spacial score (nSPS) is 20.1. The molecule has 2 aromatic carbocycles. The van der Waals surface area contributed by atoms with Gasteiger partial charge in [0.2, 0.25) is 5.91 Å². The minimum atomic E-state index is 0.0845. The van der Waals surface area contributed by atoms with E-state index in [1.54, 1.807) is 0 Å². The molecule has 132 valence electrons. The van der Waals surface area contributed by atoms with E-state index in [-0.39, 0.29) is 17.9 Å². The Kier molecular flexibility index (Phi) is 6.27. The number of halogens is 1. The van der Waals surface area contributed by atoms with Gasteiger partial charge in [0.15, 0.2) is 0 Å². The van der Waals surface area contributed by atoms with Gasteiger partial charge < -0.3 is 10.1 Å². The van der Waals surface area contributed by atoms with Gasteiger partial charge in [-0.15, -0.1) is 0 Å². The largest absolute Gasteiger partial charge is 0.374 e. The van der Waals surface area contributed by atoms with E-state index in [9.17, 15) is 4.79 Å². The summed E-state index contributed by atoms with van der Waals surface area (Å²) in [4.78, 5) is 12.2. The van der Waals surface area contributed by atoms with Gasteiger partial charge in [0.1, 0.15) is 0 Å². The van der Waals surface area contributed by atoms with Crippen LogP contribution in [0, 0.1) is 5.92 Å². The summed E-state index contributed by atoms with van der Waals surface area (Å²) in [6.07, 6.45) is 1.86. The number of benzene rings is 2. The monoisotopic (exact) mass is 401 g/mol. The second-order valence-electron chi connectivity index (χ2n) is 6.57. The second kappa shape index (κ2) is 8.63. The first-order chi connectivity index (χ1) is 12.1. The molecule has 3 atom stereocenters. The van der Waals surface area contributed by atoms with Crippen molar-refractivity contribution in [2.75, 3.05) is 13.2 Å². The molecule has 1 aliphatic carbocycles. The average Bonchev–Trinajstić information content (AvgIpc) is 3.43. The standard InChI is InChI=1S/C21H24BrNO2/c1-15(16-7-3-2-4-8-16)25-12-6-11-23-21(24)20-14-19(20)17-9-5-10-18(22)13-17/h2-5,7-10,13,15,19-20H,6,11-12,14H2,1H3,(H,23,24). The van der Waals surface area contributed by atoms with Gasteiger partial charge in [-0.2, -0.15) is 0 Å². The van der Waals surface area contributed by atoms with Crippen LogP contribution in [-0.4, -0.2) is 19.1 Å². The molecule has 3 unspecified atom stereocenters. The topological polar surface area (TPSA) is 38.3 Å². The Bertz CT molecular complexity index is 704. The van der Waals surface area contributed by atoms with Gasteiger partial charge in [0.05, 0.1) is 6.10 Å². The Balaban J connectivity index is 1.33. The van der Waals surface area contributed by atoms with E-state index in [2.05, 4.69) is 52.4 Å². The van der Waals surface area contributed by atoms with Crippen LogP contribution in [-0.2, 0) is 9.53 Å². The number of hydrogen-bond acceptors (Lipinski definition) is 2. The first-order valence-electron chi connectivity index (χ1n) is 8.85. The molecule has 3 rings (SSSR count). The van der Waals surface area contributed by atoms with E-state index >= 15 is 0 Å². The van der Waals surface area contributed by atoms with Crippen LogP contribution in [0.15, 0.2) is 59.1 Å². The van der Waals surface area contributed by atoms with Crippen molar-refractivity contribution >= 4 is 21.8 Å². The molecule has 1 saturated carbocycles. The quantitative estimate of drug-likeness (QED) is 0.642. The van der Waals surface area contributed by atoms with Crippen molar-refractivity contribution in [1.82, 2.24) is 5.32 Å². The number of rotatable bonds is 8. The summed E-state index contributed by atoms with van der Waals surface area (Å²) in [6, 6.07) is 18.4. The van der Waals surface area contributed by atoms with Gasteiger partial charge in [0.25, 0.3) is 0 Å². The van der Waals surface area contributed by atoms with Crippen molar-refractivity contribution < 1.29 is 9.53 Å². The third kappa shape index (κ3) is 5.16. The van der Waals surface area contributed by atoms with Crippen LogP contribution in [0.4, 0.5) is 0 Å². The highest BCUT2D eigenvalue weighted by atomic mass is 79.9. The predicted octanol–water partition coefficient (Wildman–Crippen LogP) is 4.84. The summed E-state index contributed by atoms with van der Waals surface area (Å²) in [5.41, 5.74) is 2.43. The molecule has 0 heterocycles. The van der Waals surface area contributed by atoms with Crippen LogP contribution < -0.4 is 5.32 Å². The lowest BCUT2D eigenvalue weighted by Crippen LogP contribution is -2.27. The maximum atomic E-state index is 12.2. The molecule has 1 aliphatic rings. The lowest BCUT2D eigenvalue weighted by molar-refractivity contribution is -0.122. The van der Waals surface area contributed by atoms with E-state index in [0.717, 1.165) is 17.3 Å². The highest BCUT2D eigenvalue weighted by Gasteiger charge is 2.43. The number of nitrogens with one attached hydrogen (secondary N) is 1. The Morgan fingerprint density at radius 3 is 2.80 bits per heavy atom. The van der Waals surface area contributed by atoms with Crippen molar-refractivity contribution in [3.8, 4) is 0 Å². The Morgan fingerprint density at radius 1 is 1.24 bits per heavy atom. The second-order valence-corrected chi connectivity index (χ2v) is 7.49. The van der Waals surface area contributed by atoms with Crippen molar-refractivity contribution in [2.24, 2.45) is 5.92 Å². The molecule has 0 radical (unpaired) electrons. The lowest BCUT2D eigenvalue weighted by Gasteiger charge is -2.13. The SMILES string of the molecule is CC(OCCCNC(=O)C1CC1c1cccc(Br)c1)c1ccccc1. The van der Waals surface area contributed by atoms with Gasteiger partial charge in [-0.05, 0) is 48.9 Å². The maximum absolute atomic E-state index is 12.2. The average molecular weight is 402 g/mol. The summed E-state index contributed by atoms with van der Waals surface area (Å²) >= 11 is 3.49. The van der Waals surface area contributed by atoms with E-state index in [0.29, 0.717) is 19.1 Å². The molecule has 2 aromatic rings. The predicted molar refractivity (Wildman–Crippen MR) is 103 cm³/mol. The molecular formula is C21H24BrNO2. The van der Waals surface area contributed by atoms with E-state index < -0.39 is 0 Å². The van der Waals surface area contributed by atoms with Crippen molar-refractivity contribution in [1.29, 1.82) is 0 Å². The van der Waals surface area contributed by atoms with E-state index in [1.165, 1.54) is 11.1 Å². The molecule has 4 heteroatoms. The van der Waals surface area contributed by atoms with Crippen LogP contribution >= 0.6 is 15.9 Å². The smallest absolute Gasteiger partial charge is 0.223 e. The van der Waals surface area contributed by atoms with Gasteiger partial charge in [-0.3, -0.25) is 4.79 Å². The maximum Gasteiger partial charge on any atom is 0.223 e. The van der Waals surface area contributed by atoms with Gasteiger partial charge >= 0.3 is 0 Å². The summed E-state index contributed by atoms with van der Waals surface area (Å²) in [7, 11) is 0. The molecule has 25 heavy (non-hydrogen) atoms. The highest BCUT2D eigenvalue weighted by molar-refractivity contribution is 9.10. The molecule has 0 bridgehead atoms. The van der Waals surface area contributed by atoms with Crippen LogP contribution in [0.2, 0.25) is 0 Å². The van der Waals surface area contributed by atoms with Crippen LogP contribution in [0.5, 0.6) is 0 Å². The molecule has 0 spiro atoms. The number of amides is 1. The Morgan fingerprint density at radius 2 is 2.04 bits per heavy atom. The molecule has 0 aliphatic heterocycles. The summed E-state index contributed by atoms with van der Waals surface area (Å²) in [6.45, 7) is 3.37. The zero-order valence-electron chi connectivity index (χ0n) is 14.5.